The number of methoxy groups -OCH3 is 1. The zero-order valence-corrected chi connectivity index (χ0v) is 12.8. The molecule has 0 atom stereocenters. The summed E-state index contributed by atoms with van der Waals surface area (Å²) in [6.07, 6.45) is 1.29. The normalized spacial score (nSPS) is 10.8. The molecule has 4 nitrogen and oxygen atoms in total. The van der Waals surface area contributed by atoms with E-state index in [9.17, 15) is 4.39 Å². The van der Waals surface area contributed by atoms with Gasteiger partial charge >= 0.3 is 0 Å². The number of hydrogen-bond acceptors (Lipinski definition) is 4. The van der Waals surface area contributed by atoms with E-state index in [1.807, 2.05) is 0 Å². The van der Waals surface area contributed by atoms with Crippen molar-refractivity contribution >= 4 is 22.1 Å². The van der Waals surface area contributed by atoms with Crippen molar-refractivity contribution in [1.82, 2.24) is 0 Å². The van der Waals surface area contributed by atoms with Crippen LogP contribution in [0.1, 0.15) is 11.1 Å². The number of ether oxygens (including phenoxy) is 2. The van der Waals surface area contributed by atoms with Gasteiger partial charge in [-0.2, -0.15) is 0 Å². The van der Waals surface area contributed by atoms with Crippen molar-refractivity contribution in [2.24, 2.45) is 5.16 Å². The Morgan fingerprint density at radius 1 is 1.29 bits per heavy atom. The van der Waals surface area contributed by atoms with Gasteiger partial charge in [0, 0.05) is 5.56 Å². The van der Waals surface area contributed by atoms with Gasteiger partial charge in [0.05, 0.1) is 17.8 Å². The lowest BCUT2D eigenvalue weighted by molar-refractivity contribution is 0.282. The highest BCUT2D eigenvalue weighted by atomic mass is 79.9. The van der Waals surface area contributed by atoms with E-state index in [0.717, 1.165) is 5.56 Å². The third-order valence-electron chi connectivity index (χ3n) is 2.76. The van der Waals surface area contributed by atoms with Crippen LogP contribution in [0.4, 0.5) is 4.39 Å². The predicted molar refractivity (Wildman–Crippen MR) is 80.8 cm³/mol. The first-order valence-corrected chi connectivity index (χ1v) is 6.85. The molecule has 0 bridgehead atoms. The van der Waals surface area contributed by atoms with Gasteiger partial charge in [-0.25, -0.2) is 4.39 Å². The molecule has 2 aromatic carbocycles. The molecule has 0 radical (unpaired) electrons. The van der Waals surface area contributed by atoms with Gasteiger partial charge in [-0.15, -0.1) is 0 Å². The molecule has 0 saturated carbocycles. The van der Waals surface area contributed by atoms with Crippen LogP contribution in [0.5, 0.6) is 11.5 Å². The molecule has 1 N–H and O–H groups in total. The summed E-state index contributed by atoms with van der Waals surface area (Å²) in [7, 11) is 1.52. The van der Waals surface area contributed by atoms with Gasteiger partial charge in [0.1, 0.15) is 12.4 Å². The Kier molecular flexibility index (Phi) is 5.16. The molecule has 0 aliphatic heterocycles. The monoisotopic (exact) mass is 353 g/mol. The van der Waals surface area contributed by atoms with Gasteiger partial charge in [0.15, 0.2) is 11.5 Å². The fourth-order valence-corrected chi connectivity index (χ4v) is 2.33. The van der Waals surface area contributed by atoms with E-state index in [1.54, 1.807) is 24.3 Å². The minimum absolute atomic E-state index is 0.280. The fraction of sp³-hybridized carbons (Fsp3) is 0.133. The molecule has 0 aliphatic carbocycles. The van der Waals surface area contributed by atoms with Crippen LogP contribution in [0.2, 0.25) is 0 Å². The quantitative estimate of drug-likeness (QED) is 0.502. The number of benzene rings is 2. The van der Waals surface area contributed by atoms with Gasteiger partial charge in [0.2, 0.25) is 0 Å². The third-order valence-corrected chi connectivity index (χ3v) is 3.34. The van der Waals surface area contributed by atoms with Crippen LogP contribution in [0.3, 0.4) is 0 Å². The maximum atomic E-state index is 12.8. The Bertz CT molecular complexity index is 644. The molecule has 21 heavy (non-hydrogen) atoms. The smallest absolute Gasteiger partial charge is 0.175 e. The van der Waals surface area contributed by atoms with Crippen LogP contribution in [-0.4, -0.2) is 18.5 Å². The van der Waals surface area contributed by atoms with E-state index in [-0.39, 0.29) is 12.4 Å². The first-order valence-electron chi connectivity index (χ1n) is 6.06. The van der Waals surface area contributed by atoms with Gasteiger partial charge in [-0.05, 0) is 45.8 Å². The van der Waals surface area contributed by atoms with E-state index in [1.165, 1.54) is 25.5 Å². The van der Waals surface area contributed by atoms with Gasteiger partial charge < -0.3 is 14.7 Å². The minimum atomic E-state index is -0.287. The van der Waals surface area contributed by atoms with Crippen LogP contribution in [0.25, 0.3) is 0 Å². The van der Waals surface area contributed by atoms with Crippen LogP contribution in [-0.2, 0) is 6.61 Å². The Hall–Kier alpha value is -2.08. The molecule has 0 aromatic heterocycles. The van der Waals surface area contributed by atoms with Crippen molar-refractivity contribution in [2.45, 2.75) is 6.61 Å². The Morgan fingerprint density at radius 2 is 2.00 bits per heavy atom. The summed E-state index contributed by atoms with van der Waals surface area (Å²) in [5.74, 6) is 0.739. The average Bonchev–Trinajstić information content (AvgIpc) is 2.47. The maximum Gasteiger partial charge on any atom is 0.175 e. The topological polar surface area (TPSA) is 51.0 Å². The summed E-state index contributed by atoms with van der Waals surface area (Å²) in [6, 6.07) is 9.50. The number of halogens is 2. The molecule has 6 heteroatoms. The standard InChI is InChI=1S/C15H13BrFNO3/c1-20-14-7-11(8-18-19)6-13(16)15(14)21-9-10-2-4-12(17)5-3-10/h2-8,19H,9H2,1H3/b18-8-. The molecule has 0 aliphatic rings. The highest BCUT2D eigenvalue weighted by molar-refractivity contribution is 9.10. The lowest BCUT2D eigenvalue weighted by atomic mass is 10.2. The molecule has 2 aromatic rings. The highest BCUT2D eigenvalue weighted by Gasteiger charge is 2.11. The molecule has 0 saturated heterocycles. The number of hydrogen-bond donors (Lipinski definition) is 1. The molecular weight excluding hydrogens is 341 g/mol. The van der Waals surface area contributed by atoms with E-state index in [4.69, 9.17) is 14.7 Å². The zero-order chi connectivity index (χ0) is 15.2. The van der Waals surface area contributed by atoms with E-state index >= 15 is 0 Å². The predicted octanol–water partition coefficient (Wildman–Crippen LogP) is 3.98. The average molecular weight is 354 g/mol. The van der Waals surface area contributed by atoms with Crippen molar-refractivity contribution in [3.63, 3.8) is 0 Å². The molecule has 0 spiro atoms. The second-order valence-corrected chi connectivity index (χ2v) is 5.05. The largest absolute Gasteiger partial charge is 0.493 e. The van der Waals surface area contributed by atoms with Gasteiger partial charge in [0.25, 0.3) is 0 Å². The third kappa shape index (κ3) is 3.95. The summed E-state index contributed by atoms with van der Waals surface area (Å²) in [4.78, 5) is 0. The Labute approximate surface area is 129 Å². The van der Waals surface area contributed by atoms with Crippen molar-refractivity contribution in [3.8, 4) is 11.5 Å². The molecule has 0 fully saturated rings. The van der Waals surface area contributed by atoms with Crippen molar-refractivity contribution in [2.75, 3.05) is 7.11 Å². The lowest BCUT2D eigenvalue weighted by Crippen LogP contribution is -1.99. The SMILES string of the molecule is COc1cc(/C=N\O)cc(Br)c1OCc1ccc(F)cc1. The maximum absolute atomic E-state index is 12.8. The molecule has 110 valence electrons. The molecule has 2 rings (SSSR count). The Morgan fingerprint density at radius 3 is 2.62 bits per heavy atom. The van der Waals surface area contributed by atoms with E-state index < -0.39 is 0 Å². The van der Waals surface area contributed by atoms with Crippen molar-refractivity contribution in [1.29, 1.82) is 0 Å². The number of nitrogens with zero attached hydrogens (tertiary/aromatic N) is 1. The summed E-state index contributed by atoms with van der Waals surface area (Å²) >= 11 is 3.39. The van der Waals surface area contributed by atoms with E-state index in [2.05, 4.69) is 21.1 Å². The van der Waals surface area contributed by atoms with Crippen molar-refractivity contribution in [3.05, 3.63) is 57.8 Å². The highest BCUT2D eigenvalue weighted by Crippen LogP contribution is 2.36. The fourth-order valence-electron chi connectivity index (χ4n) is 1.76. The molecular formula is C15H13BrFNO3. The van der Waals surface area contributed by atoms with Crippen LogP contribution < -0.4 is 9.47 Å². The second-order valence-electron chi connectivity index (χ2n) is 4.19. The summed E-state index contributed by atoms with van der Waals surface area (Å²) in [6.45, 7) is 0.280. The molecule has 0 unspecified atom stereocenters. The minimum Gasteiger partial charge on any atom is -0.493 e. The van der Waals surface area contributed by atoms with Gasteiger partial charge in [-0.1, -0.05) is 17.3 Å². The van der Waals surface area contributed by atoms with Crippen LogP contribution >= 0.6 is 15.9 Å². The summed E-state index contributed by atoms with van der Waals surface area (Å²) in [5, 5.41) is 11.5. The first kappa shape index (κ1) is 15.3. The summed E-state index contributed by atoms with van der Waals surface area (Å²) in [5.41, 5.74) is 1.50. The van der Waals surface area contributed by atoms with E-state index in [0.29, 0.717) is 21.5 Å². The summed E-state index contributed by atoms with van der Waals surface area (Å²) < 4.78 is 24.5. The molecule has 0 amide bonds. The zero-order valence-electron chi connectivity index (χ0n) is 11.2. The molecule has 0 heterocycles. The van der Waals surface area contributed by atoms with Crippen LogP contribution in [0, 0.1) is 5.82 Å². The number of oxime groups is 1. The van der Waals surface area contributed by atoms with Gasteiger partial charge in [-0.3, -0.25) is 0 Å². The first-order chi connectivity index (χ1) is 10.1. The second kappa shape index (κ2) is 7.08. The van der Waals surface area contributed by atoms with Crippen LogP contribution in [0.15, 0.2) is 46.0 Å². The lowest BCUT2D eigenvalue weighted by Gasteiger charge is -2.13. The number of rotatable bonds is 5. The Balaban J connectivity index is 2.20. The van der Waals surface area contributed by atoms with Crippen molar-refractivity contribution < 1.29 is 19.1 Å².